The minimum atomic E-state index is 0.901. The van der Waals surface area contributed by atoms with Gasteiger partial charge in [0, 0.05) is 12.2 Å². The zero-order chi connectivity index (χ0) is 13.0. The van der Waals surface area contributed by atoms with Crippen molar-refractivity contribution < 1.29 is 0 Å². The fraction of sp³-hybridized carbons (Fsp3) is 0.176. The Hall–Kier alpha value is -2.02. The Morgan fingerprint density at radius 3 is 2.39 bits per heavy atom. The van der Waals surface area contributed by atoms with Crippen LogP contribution in [0, 0.1) is 6.92 Å². The van der Waals surface area contributed by atoms with Crippen molar-refractivity contribution in [2.24, 2.45) is 0 Å². The normalized spacial score (nSPS) is 10.1. The summed E-state index contributed by atoms with van der Waals surface area (Å²) in [5.41, 5.74) is 5.91. The summed E-state index contributed by atoms with van der Waals surface area (Å²) in [6.45, 7) is 9.11. The molecule has 1 N–H and O–H groups in total. The van der Waals surface area contributed by atoms with Gasteiger partial charge < -0.3 is 5.32 Å². The van der Waals surface area contributed by atoms with Crippen LogP contribution in [0.25, 0.3) is 16.8 Å². The zero-order valence-electron chi connectivity index (χ0n) is 11.0. The highest BCUT2D eigenvalue weighted by atomic mass is 14.9. The second-order valence-electron chi connectivity index (χ2n) is 4.46. The minimum absolute atomic E-state index is 0.901. The van der Waals surface area contributed by atoms with Crippen LogP contribution in [-0.4, -0.2) is 6.54 Å². The third kappa shape index (κ3) is 2.80. The van der Waals surface area contributed by atoms with Crippen molar-refractivity contribution in [2.75, 3.05) is 6.54 Å². The van der Waals surface area contributed by atoms with Gasteiger partial charge in [0.25, 0.3) is 0 Å². The van der Waals surface area contributed by atoms with Gasteiger partial charge in [-0.1, -0.05) is 60.7 Å². The fourth-order valence-corrected chi connectivity index (χ4v) is 2.00. The summed E-state index contributed by atoms with van der Waals surface area (Å²) in [5.74, 6) is 0. The molecule has 92 valence electrons. The van der Waals surface area contributed by atoms with E-state index in [1.807, 2.05) is 0 Å². The first-order valence-corrected chi connectivity index (χ1v) is 6.31. The lowest BCUT2D eigenvalue weighted by Crippen LogP contribution is -2.09. The van der Waals surface area contributed by atoms with E-state index in [1.54, 1.807) is 0 Å². The van der Waals surface area contributed by atoms with E-state index in [9.17, 15) is 0 Å². The van der Waals surface area contributed by atoms with E-state index < -0.39 is 0 Å². The number of nitrogens with one attached hydrogen (secondary N) is 1. The first-order chi connectivity index (χ1) is 8.70. The molecule has 0 bridgehead atoms. The van der Waals surface area contributed by atoms with E-state index in [0.717, 1.165) is 17.8 Å². The molecule has 18 heavy (non-hydrogen) atoms. The van der Waals surface area contributed by atoms with E-state index in [0.29, 0.717) is 0 Å². The van der Waals surface area contributed by atoms with Crippen LogP contribution in [0.5, 0.6) is 0 Å². The maximum atomic E-state index is 4.02. The first-order valence-electron chi connectivity index (χ1n) is 6.31. The number of hydrogen-bond donors (Lipinski definition) is 1. The topological polar surface area (TPSA) is 12.0 Å². The molecule has 0 fully saturated rings. The van der Waals surface area contributed by atoms with Crippen LogP contribution < -0.4 is 5.32 Å². The van der Waals surface area contributed by atoms with Crippen LogP contribution >= 0.6 is 0 Å². The van der Waals surface area contributed by atoms with Gasteiger partial charge in [0.15, 0.2) is 0 Å². The lowest BCUT2D eigenvalue weighted by Gasteiger charge is -2.09. The smallest absolute Gasteiger partial charge is 0.0340 e. The molecule has 0 aliphatic carbocycles. The van der Waals surface area contributed by atoms with Crippen molar-refractivity contribution in [3.05, 3.63) is 66.2 Å². The molecule has 2 aromatic rings. The van der Waals surface area contributed by atoms with Crippen LogP contribution in [0.4, 0.5) is 0 Å². The second kappa shape index (κ2) is 5.54. The van der Waals surface area contributed by atoms with Gasteiger partial charge in [-0.05, 0) is 30.5 Å². The average molecular weight is 237 g/mol. The number of aryl methyl sites for hydroxylation is 1. The molecule has 0 spiro atoms. The quantitative estimate of drug-likeness (QED) is 0.838. The molecule has 0 aliphatic rings. The van der Waals surface area contributed by atoms with Crippen molar-refractivity contribution in [1.29, 1.82) is 0 Å². The molecular weight excluding hydrogens is 218 g/mol. The summed E-state index contributed by atoms with van der Waals surface area (Å²) in [6, 6.07) is 17.1. The fourth-order valence-electron chi connectivity index (χ4n) is 2.00. The van der Waals surface area contributed by atoms with Gasteiger partial charge in [0.1, 0.15) is 0 Å². The molecule has 0 amide bonds. The van der Waals surface area contributed by atoms with E-state index in [-0.39, 0.29) is 0 Å². The standard InChI is InChI=1S/C17H19N/c1-4-18-14(3)15-8-10-16(11-9-15)17-7-5-6-13(2)12-17/h5-12,18H,3-4H2,1-2H3. The van der Waals surface area contributed by atoms with Crippen LogP contribution in [0.1, 0.15) is 18.1 Å². The van der Waals surface area contributed by atoms with E-state index >= 15 is 0 Å². The van der Waals surface area contributed by atoms with Crippen LogP contribution in [0.2, 0.25) is 0 Å². The van der Waals surface area contributed by atoms with Crippen molar-refractivity contribution in [3.63, 3.8) is 0 Å². The number of hydrogen-bond acceptors (Lipinski definition) is 1. The van der Waals surface area contributed by atoms with Gasteiger partial charge in [0.2, 0.25) is 0 Å². The lowest BCUT2D eigenvalue weighted by molar-refractivity contribution is 0.942. The van der Waals surface area contributed by atoms with Gasteiger partial charge in [-0.2, -0.15) is 0 Å². The highest BCUT2D eigenvalue weighted by Gasteiger charge is 2.00. The van der Waals surface area contributed by atoms with Crippen LogP contribution in [0.3, 0.4) is 0 Å². The summed E-state index contributed by atoms with van der Waals surface area (Å²) >= 11 is 0. The van der Waals surface area contributed by atoms with E-state index in [1.165, 1.54) is 16.7 Å². The first kappa shape index (κ1) is 12.4. The highest BCUT2D eigenvalue weighted by molar-refractivity contribution is 5.69. The molecule has 1 nitrogen and oxygen atoms in total. The molecule has 0 aromatic heterocycles. The molecular formula is C17H19N. The molecule has 1 heteroatoms. The largest absolute Gasteiger partial charge is 0.385 e. The molecule has 0 heterocycles. The highest BCUT2D eigenvalue weighted by Crippen LogP contribution is 2.22. The molecule has 0 saturated carbocycles. The SMILES string of the molecule is C=C(NCC)c1ccc(-c2cccc(C)c2)cc1. The molecule has 0 atom stereocenters. The third-order valence-electron chi connectivity index (χ3n) is 2.97. The van der Waals surface area contributed by atoms with Crippen molar-refractivity contribution in [3.8, 4) is 11.1 Å². The number of rotatable bonds is 4. The minimum Gasteiger partial charge on any atom is -0.385 e. The van der Waals surface area contributed by atoms with Crippen molar-refractivity contribution in [2.45, 2.75) is 13.8 Å². The maximum absolute atomic E-state index is 4.02. The summed E-state index contributed by atoms with van der Waals surface area (Å²) in [7, 11) is 0. The van der Waals surface area contributed by atoms with Crippen LogP contribution in [-0.2, 0) is 0 Å². The van der Waals surface area contributed by atoms with E-state index in [2.05, 4.69) is 74.3 Å². The molecule has 2 rings (SSSR count). The van der Waals surface area contributed by atoms with Gasteiger partial charge in [-0.25, -0.2) is 0 Å². The second-order valence-corrected chi connectivity index (χ2v) is 4.46. The average Bonchev–Trinajstić information content (AvgIpc) is 2.39. The summed E-state index contributed by atoms with van der Waals surface area (Å²) < 4.78 is 0. The summed E-state index contributed by atoms with van der Waals surface area (Å²) in [5, 5.41) is 3.24. The lowest BCUT2D eigenvalue weighted by atomic mass is 10.0. The van der Waals surface area contributed by atoms with Crippen molar-refractivity contribution >= 4 is 5.70 Å². The summed E-state index contributed by atoms with van der Waals surface area (Å²) in [4.78, 5) is 0. The molecule has 0 radical (unpaired) electrons. The van der Waals surface area contributed by atoms with Gasteiger partial charge in [-0.15, -0.1) is 0 Å². The van der Waals surface area contributed by atoms with Crippen LogP contribution in [0.15, 0.2) is 55.1 Å². The van der Waals surface area contributed by atoms with Gasteiger partial charge >= 0.3 is 0 Å². The Morgan fingerprint density at radius 2 is 1.78 bits per heavy atom. The third-order valence-corrected chi connectivity index (χ3v) is 2.97. The zero-order valence-corrected chi connectivity index (χ0v) is 11.0. The van der Waals surface area contributed by atoms with Gasteiger partial charge in [-0.3, -0.25) is 0 Å². The molecule has 0 saturated heterocycles. The Morgan fingerprint density at radius 1 is 1.06 bits per heavy atom. The molecule has 0 unspecified atom stereocenters. The summed E-state index contributed by atoms with van der Waals surface area (Å²) in [6.07, 6.45) is 0. The predicted molar refractivity (Wildman–Crippen MR) is 79.3 cm³/mol. The molecule has 0 aliphatic heterocycles. The monoisotopic (exact) mass is 237 g/mol. The number of benzene rings is 2. The molecule has 2 aromatic carbocycles. The van der Waals surface area contributed by atoms with Crippen molar-refractivity contribution in [1.82, 2.24) is 5.32 Å². The van der Waals surface area contributed by atoms with Gasteiger partial charge in [0.05, 0.1) is 0 Å². The predicted octanol–water partition coefficient (Wildman–Crippen LogP) is 4.24. The Kier molecular flexibility index (Phi) is 3.83. The Balaban J connectivity index is 2.25. The maximum Gasteiger partial charge on any atom is 0.0340 e. The van der Waals surface area contributed by atoms with E-state index in [4.69, 9.17) is 0 Å². The Labute approximate surface area is 109 Å². The Bertz CT molecular complexity index is 538.